The van der Waals surface area contributed by atoms with Crippen LogP contribution in [-0.2, 0) is 6.42 Å². The predicted octanol–water partition coefficient (Wildman–Crippen LogP) is 4.50. The Labute approximate surface area is 131 Å². The van der Waals surface area contributed by atoms with Crippen LogP contribution in [-0.4, -0.2) is 0 Å². The molecular weight excluding hydrogens is 347 g/mol. The number of benzene rings is 2. The molecule has 0 fully saturated rings. The van der Waals surface area contributed by atoms with E-state index in [2.05, 4.69) is 21.4 Å². The minimum atomic E-state index is -0.0199. The molecular formula is C14H13BrCl2N2. The van der Waals surface area contributed by atoms with Gasteiger partial charge in [-0.3, -0.25) is 11.3 Å². The van der Waals surface area contributed by atoms with Gasteiger partial charge < -0.3 is 0 Å². The molecule has 0 aromatic heterocycles. The van der Waals surface area contributed by atoms with Gasteiger partial charge >= 0.3 is 0 Å². The van der Waals surface area contributed by atoms with Crippen molar-refractivity contribution in [2.75, 3.05) is 0 Å². The monoisotopic (exact) mass is 358 g/mol. The van der Waals surface area contributed by atoms with Gasteiger partial charge in [-0.25, -0.2) is 0 Å². The Morgan fingerprint density at radius 2 is 1.95 bits per heavy atom. The lowest BCUT2D eigenvalue weighted by atomic mass is 9.99. The Bertz CT molecular complexity index is 575. The minimum absolute atomic E-state index is 0.0199. The maximum atomic E-state index is 6.18. The Balaban J connectivity index is 2.26. The van der Waals surface area contributed by atoms with Gasteiger partial charge in [-0.05, 0) is 47.9 Å². The van der Waals surface area contributed by atoms with E-state index in [-0.39, 0.29) is 6.04 Å². The molecule has 2 aromatic rings. The zero-order chi connectivity index (χ0) is 13.8. The maximum Gasteiger partial charge on any atom is 0.0501 e. The summed E-state index contributed by atoms with van der Waals surface area (Å²) < 4.78 is 1.02. The van der Waals surface area contributed by atoms with Gasteiger partial charge in [0.1, 0.15) is 0 Å². The molecule has 0 heterocycles. The summed E-state index contributed by atoms with van der Waals surface area (Å²) in [7, 11) is 0. The number of nitrogens with two attached hydrogens (primary N) is 1. The van der Waals surface area contributed by atoms with Gasteiger partial charge in [-0.15, -0.1) is 0 Å². The third-order valence-corrected chi connectivity index (χ3v) is 3.98. The number of hydrazine groups is 1. The van der Waals surface area contributed by atoms with Crippen LogP contribution in [0.25, 0.3) is 0 Å². The quantitative estimate of drug-likeness (QED) is 0.622. The standard InChI is InChI=1S/C14H13BrCl2N2/c15-11-3-1-2-9(6-11)14(19-18)8-10-7-12(16)4-5-13(10)17/h1-7,14,19H,8,18H2. The van der Waals surface area contributed by atoms with Gasteiger partial charge in [0, 0.05) is 14.5 Å². The smallest absolute Gasteiger partial charge is 0.0501 e. The third kappa shape index (κ3) is 3.94. The Morgan fingerprint density at radius 1 is 1.16 bits per heavy atom. The average Bonchev–Trinajstić information content (AvgIpc) is 2.39. The zero-order valence-electron chi connectivity index (χ0n) is 10.0. The van der Waals surface area contributed by atoms with E-state index in [0.717, 1.165) is 15.6 Å². The second-order valence-corrected chi connectivity index (χ2v) is 5.97. The largest absolute Gasteiger partial charge is 0.271 e. The second-order valence-electron chi connectivity index (χ2n) is 4.21. The van der Waals surface area contributed by atoms with Crippen molar-refractivity contribution in [3.8, 4) is 0 Å². The van der Waals surface area contributed by atoms with Gasteiger partial charge in [0.15, 0.2) is 0 Å². The van der Waals surface area contributed by atoms with Crippen LogP contribution < -0.4 is 11.3 Å². The molecule has 0 bridgehead atoms. The van der Waals surface area contributed by atoms with E-state index in [1.54, 1.807) is 12.1 Å². The van der Waals surface area contributed by atoms with Crippen molar-refractivity contribution in [3.05, 3.63) is 68.1 Å². The minimum Gasteiger partial charge on any atom is -0.271 e. The summed E-state index contributed by atoms with van der Waals surface area (Å²) in [6.45, 7) is 0. The summed E-state index contributed by atoms with van der Waals surface area (Å²) in [5.41, 5.74) is 4.88. The van der Waals surface area contributed by atoms with Crippen molar-refractivity contribution in [3.63, 3.8) is 0 Å². The van der Waals surface area contributed by atoms with Crippen molar-refractivity contribution in [2.45, 2.75) is 12.5 Å². The van der Waals surface area contributed by atoms with E-state index >= 15 is 0 Å². The molecule has 0 aliphatic carbocycles. The van der Waals surface area contributed by atoms with Gasteiger partial charge in [-0.2, -0.15) is 0 Å². The van der Waals surface area contributed by atoms with Crippen LogP contribution in [0.1, 0.15) is 17.2 Å². The van der Waals surface area contributed by atoms with E-state index in [1.165, 1.54) is 0 Å². The highest BCUT2D eigenvalue weighted by Crippen LogP contribution is 2.27. The molecule has 0 radical (unpaired) electrons. The van der Waals surface area contributed by atoms with Crippen LogP contribution >= 0.6 is 39.1 Å². The SMILES string of the molecule is NNC(Cc1cc(Cl)ccc1Cl)c1cccc(Br)c1. The lowest BCUT2D eigenvalue weighted by Crippen LogP contribution is -2.29. The number of rotatable bonds is 4. The Morgan fingerprint density at radius 3 is 2.63 bits per heavy atom. The normalized spacial score (nSPS) is 12.4. The van der Waals surface area contributed by atoms with Crippen molar-refractivity contribution < 1.29 is 0 Å². The molecule has 19 heavy (non-hydrogen) atoms. The molecule has 3 N–H and O–H groups in total. The molecule has 2 rings (SSSR count). The van der Waals surface area contributed by atoms with Crippen molar-refractivity contribution >= 4 is 39.1 Å². The average molecular weight is 360 g/mol. The molecule has 0 aliphatic heterocycles. The van der Waals surface area contributed by atoms with Crippen LogP contribution in [0.2, 0.25) is 10.0 Å². The van der Waals surface area contributed by atoms with E-state index in [1.807, 2.05) is 30.3 Å². The van der Waals surface area contributed by atoms with Crippen LogP contribution in [0.4, 0.5) is 0 Å². The number of nitrogens with one attached hydrogen (secondary N) is 1. The maximum absolute atomic E-state index is 6.18. The highest BCUT2D eigenvalue weighted by molar-refractivity contribution is 9.10. The molecule has 100 valence electrons. The van der Waals surface area contributed by atoms with Crippen LogP contribution in [0.15, 0.2) is 46.9 Å². The molecule has 0 aliphatic rings. The molecule has 1 atom stereocenters. The fraction of sp³-hybridized carbons (Fsp3) is 0.143. The first-order valence-electron chi connectivity index (χ1n) is 5.75. The van der Waals surface area contributed by atoms with Crippen LogP contribution in [0.5, 0.6) is 0 Å². The highest BCUT2D eigenvalue weighted by atomic mass is 79.9. The highest BCUT2D eigenvalue weighted by Gasteiger charge is 2.13. The summed E-state index contributed by atoms with van der Waals surface area (Å²) in [6.07, 6.45) is 0.673. The van der Waals surface area contributed by atoms with E-state index in [9.17, 15) is 0 Å². The molecule has 0 saturated heterocycles. The van der Waals surface area contributed by atoms with Gasteiger partial charge in [0.05, 0.1) is 6.04 Å². The zero-order valence-corrected chi connectivity index (χ0v) is 13.1. The number of hydrogen-bond acceptors (Lipinski definition) is 2. The molecule has 2 nitrogen and oxygen atoms in total. The summed E-state index contributed by atoms with van der Waals surface area (Å²) in [6, 6.07) is 13.4. The van der Waals surface area contributed by atoms with Crippen LogP contribution in [0, 0.1) is 0 Å². The first-order valence-corrected chi connectivity index (χ1v) is 7.30. The van der Waals surface area contributed by atoms with E-state index in [4.69, 9.17) is 29.0 Å². The van der Waals surface area contributed by atoms with Crippen LogP contribution in [0.3, 0.4) is 0 Å². The number of hydrogen-bond donors (Lipinski definition) is 2. The molecule has 1 unspecified atom stereocenters. The summed E-state index contributed by atoms with van der Waals surface area (Å²) in [4.78, 5) is 0. The Hall–Kier alpha value is -0.580. The molecule has 0 spiro atoms. The first-order chi connectivity index (χ1) is 9.10. The molecule has 0 saturated carbocycles. The first kappa shape index (κ1) is 14.8. The topological polar surface area (TPSA) is 38.0 Å². The summed E-state index contributed by atoms with van der Waals surface area (Å²) >= 11 is 15.6. The molecule has 2 aromatic carbocycles. The van der Waals surface area contributed by atoms with E-state index < -0.39 is 0 Å². The lowest BCUT2D eigenvalue weighted by molar-refractivity contribution is 0.552. The van der Waals surface area contributed by atoms with Crippen molar-refractivity contribution in [1.82, 2.24) is 5.43 Å². The second kappa shape index (κ2) is 6.73. The molecule has 0 amide bonds. The van der Waals surface area contributed by atoms with Crippen molar-refractivity contribution in [2.24, 2.45) is 5.84 Å². The summed E-state index contributed by atoms with van der Waals surface area (Å²) in [5, 5.41) is 1.36. The van der Waals surface area contributed by atoms with Gasteiger partial charge in [-0.1, -0.05) is 51.3 Å². The third-order valence-electron chi connectivity index (χ3n) is 2.88. The van der Waals surface area contributed by atoms with Crippen molar-refractivity contribution in [1.29, 1.82) is 0 Å². The molecule has 5 heteroatoms. The fourth-order valence-electron chi connectivity index (χ4n) is 1.92. The summed E-state index contributed by atoms with van der Waals surface area (Å²) in [5.74, 6) is 5.65. The predicted molar refractivity (Wildman–Crippen MR) is 84.4 cm³/mol. The number of halogens is 3. The van der Waals surface area contributed by atoms with Gasteiger partial charge in [0.2, 0.25) is 0 Å². The Kier molecular flexibility index (Phi) is 5.25. The van der Waals surface area contributed by atoms with E-state index in [0.29, 0.717) is 16.5 Å². The van der Waals surface area contributed by atoms with Gasteiger partial charge in [0.25, 0.3) is 0 Å². The lowest BCUT2D eigenvalue weighted by Gasteiger charge is -2.17. The fourth-order valence-corrected chi connectivity index (χ4v) is 2.72.